The molecule has 0 amide bonds. The molecule has 0 bridgehead atoms. The fourth-order valence-electron chi connectivity index (χ4n) is 4.27. The van der Waals surface area contributed by atoms with Crippen LogP contribution in [-0.4, -0.2) is 5.78 Å². The lowest BCUT2D eigenvalue weighted by Gasteiger charge is -2.39. The molecule has 4 nitrogen and oxygen atoms in total. The molecule has 0 spiro atoms. The van der Waals surface area contributed by atoms with E-state index < -0.39 is 11.7 Å². The smallest absolute Gasteiger partial charge is 0.161 e. The highest BCUT2D eigenvalue weighted by atomic mass is 79.9. The number of Topliss-reactive ketones (excluding diaryl/α,β-unsaturated/α-hetero) is 1. The number of benzene rings is 1. The average molecular weight is 472 g/mol. The molecule has 1 aromatic heterocycles. The quantitative estimate of drug-likeness (QED) is 0.621. The maximum absolute atomic E-state index is 14.8. The number of ketones is 1. The average Bonchev–Trinajstić information content (AvgIpc) is 3.00. The van der Waals surface area contributed by atoms with Crippen LogP contribution in [0.25, 0.3) is 0 Å². The second-order valence-corrected chi connectivity index (χ2v) is 9.66. The standard InChI is InChI=1S/C22H19BrFN3OS/c1-11-8-14(12(2)29-11)20-15(10-25)22(26)27(17-7-6-13(23)9-16(17)24)18-4-3-5-19(28)21(18)20/h6-9,20H,3-5,26H2,1-2H3. The Morgan fingerprint density at radius 1 is 1.31 bits per heavy atom. The van der Waals surface area contributed by atoms with Crippen molar-refractivity contribution in [1.29, 1.82) is 5.26 Å². The van der Waals surface area contributed by atoms with Gasteiger partial charge in [-0.1, -0.05) is 15.9 Å². The molecule has 0 fully saturated rings. The summed E-state index contributed by atoms with van der Waals surface area (Å²) in [5.74, 6) is -0.772. The molecule has 4 rings (SSSR count). The van der Waals surface area contributed by atoms with Gasteiger partial charge in [0.15, 0.2) is 5.78 Å². The van der Waals surface area contributed by atoms with E-state index >= 15 is 0 Å². The summed E-state index contributed by atoms with van der Waals surface area (Å²) in [5, 5.41) is 10.00. The molecule has 1 aromatic carbocycles. The van der Waals surface area contributed by atoms with Crippen LogP contribution < -0.4 is 10.6 Å². The number of thiophene rings is 1. The predicted octanol–water partition coefficient (Wildman–Crippen LogP) is 5.57. The number of allylic oxidation sites excluding steroid dienone is 3. The number of halogens is 2. The maximum Gasteiger partial charge on any atom is 0.161 e. The Hall–Kier alpha value is -2.43. The first kappa shape index (κ1) is 19.9. The van der Waals surface area contributed by atoms with Crippen molar-refractivity contribution in [3.63, 3.8) is 0 Å². The van der Waals surface area contributed by atoms with Crippen molar-refractivity contribution in [2.24, 2.45) is 5.73 Å². The number of nitrogens with two attached hydrogens (primary N) is 1. The van der Waals surface area contributed by atoms with E-state index in [2.05, 4.69) is 22.0 Å². The highest BCUT2D eigenvalue weighted by Gasteiger charge is 2.41. The third kappa shape index (κ3) is 3.21. The third-order valence-electron chi connectivity index (χ3n) is 5.45. The molecule has 29 heavy (non-hydrogen) atoms. The summed E-state index contributed by atoms with van der Waals surface area (Å²) in [5.41, 5.74) is 9.22. The number of aryl methyl sites for hydroxylation is 2. The lowest BCUT2D eigenvalue weighted by atomic mass is 9.75. The first-order chi connectivity index (χ1) is 13.8. The molecule has 1 aliphatic heterocycles. The minimum atomic E-state index is -0.498. The largest absolute Gasteiger partial charge is 0.384 e. The highest BCUT2D eigenvalue weighted by molar-refractivity contribution is 9.10. The van der Waals surface area contributed by atoms with Gasteiger partial charge in [0.1, 0.15) is 11.6 Å². The number of hydrogen-bond acceptors (Lipinski definition) is 5. The molecule has 0 saturated carbocycles. The SMILES string of the molecule is Cc1cc(C2C(C#N)=C(N)N(c3ccc(Br)cc3F)C3=C2C(=O)CCC3)c(C)s1. The van der Waals surface area contributed by atoms with E-state index in [0.29, 0.717) is 40.6 Å². The number of nitrogens with zero attached hydrogens (tertiary/aromatic N) is 2. The molecule has 2 N–H and O–H groups in total. The zero-order valence-corrected chi connectivity index (χ0v) is 18.5. The van der Waals surface area contributed by atoms with Crippen LogP contribution in [-0.2, 0) is 4.79 Å². The lowest BCUT2D eigenvalue weighted by Crippen LogP contribution is -2.39. The Labute approximate surface area is 181 Å². The van der Waals surface area contributed by atoms with Gasteiger partial charge in [-0.2, -0.15) is 5.26 Å². The molecule has 2 aliphatic rings. The van der Waals surface area contributed by atoms with Crippen molar-refractivity contribution >= 4 is 38.7 Å². The second-order valence-electron chi connectivity index (χ2n) is 7.28. The van der Waals surface area contributed by atoms with Crippen LogP contribution >= 0.6 is 27.3 Å². The lowest BCUT2D eigenvalue weighted by molar-refractivity contribution is -0.116. The third-order valence-corrected chi connectivity index (χ3v) is 6.93. The monoisotopic (exact) mass is 471 g/mol. The number of carbonyl (C=O) groups is 1. The normalized spacial score (nSPS) is 19.5. The second kappa shape index (κ2) is 7.43. The van der Waals surface area contributed by atoms with Crippen LogP contribution in [0, 0.1) is 31.0 Å². The van der Waals surface area contributed by atoms with E-state index in [1.54, 1.807) is 28.4 Å². The van der Waals surface area contributed by atoms with Crippen molar-refractivity contribution in [2.75, 3.05) is 4.90 Å². The van der Waals surface area contributed by atoms with E-state index in [4.69, 9.17) is 5.73 Å². The van der Waals surface area contributed by atoms with Gasteiger partial charge in [0, 0.05) is 31.9 Å². The number of hydrogen-bond donors (Lipinski definition) is 1. The van der Waals surface area contributed by atoms with Gasteiger partial charge < -0.3 is 5.73 Å². The molecule has 7 heteroatoms. The van der Waals surface area contributed by atoms with Crippen LogP contribution in [0.3, 0.4) is 0 Å². The molecular formula is C22H19BrFN3OS. The zero-order chi connectivity index (χ0) is 20.9. The topological polar surface area (TPSA) is 70.1 Å². The molecule has 0 saturated heterocycles. The summed E-state index contributed by atoms with van der Waals surface area (Å²) in [6.45, 7) is 4.00. The molecule has 1 atom stereocenters. The number of rotatable bonds is 2. The van der Waals surface area contributed by atoms with Crippen molar-refractivity contribution in [1.82, 2.24) is 0 Å². The summed E-state index contributed by atoms with van der Waals surface area (Å²) in [4.78, 5) is 16.8. The Bertz CT molecular complexity index is 1140. The summed E-state index contributed by atoms with van der Waals surface area (Å²) >= 11 is 4.90. The van der Waals surface area contributed by atoms with Crippen LogP contribution in [0.2, 0.25) is 0 Å². The summed E-state index contributed by atoms with van der Waals surface area (Å²) in [6.07, 6.45) is 1.71. The van der Waals surface area contributed by atoms with E-state index in [9.17, 15) is 14.4 Å². The van der Waals surface area contributed by atoms with Crippen LogP contribution in [0.1, 0.15) is 40.5 Å². The van der Waals surface area contributed by atoms with Crippen molar-refractivity contribution in [2.45, 2.75) is 39.0 Å². The van der Waals surface area contributed by atoms with Gasteiger partial charge >= 0.3 is 0 Å². The summed E-state index contributed by atoms with van der Waals surface area (Å²) < 4.78 is 15.5. The molecule has 2 aromatic rings. The highest BCUT2D eigenvalue weighted by Crippen LogP contribution is 2.48. The Balaban J connectivity index is 2.01. The number of anilines is 1. The van der Waals surface area contributed by atoms with E-state index in [1.165, 1.54) is 6.07 Å². The molecular weight excluding hydrogens is 453 g/mol. The van der Waals surface area contributed by atoms with Crippen LogP contribution in [0.4, 0.5) is 10.1 Å². The number of nitriles is 1. The fraction of sp³-hybridized carbons (Fsp3) is 0.273. The van der Waals surface area contributed by atoms with Crippen LogP contribution in [0.15, 0.2) is 51.4 Å². The zero-order valence-electron chi connectivity index (χ0n) is 16.1. The van der Waals surface area contributed by atoms with Crippen molar-refractivity contribution in [3.8, 4) is 6.07 Å². The molecule has 1 unspecified atom stereocenters. The summed E-state index contributed by atoms with van der Waals surface area (Å²) in [7, 11) is 0. The van der Waals surface area contributed by atoms with Gasteiger partial charge in [0.2, 0.25) is 0 Å². The fourth-order valence-corrected chi connectivity index (χ4v) is 5.57. The molecule has 0 radical (unpaired) electrons. The van der Waals surface area contributed by atoms with E-state index in [-0.39, 0.29) is 17.3 Å². The minimum Gasteiger partial charge on any atom is -0.384 e. The Morgan fingerprint density at radius 2 is 2.07 bits per heavy atom. The van der Waals surface area contributed by atoms with Crippen molar-refractivity contribution < 1.29 is 9.18 Å². The maximum atomic E-state index is 14.8. The Morgan fingerprint density at radius 3 is 2.69 bits per heavy atom. The minimum absolute atomic E-state index is 0.00210. The Kier molecular flexibility index (Phi) is 5.09. The molecule has 2 heterocycles. The van der Waals surface area contributed by atoms with Crippen molar-refractivity contribution in [3.05, 3.63) is 72.5 Å². The van der Waals surface area contributed by atoms with E-state index in [1.807, 2.05) is 19.9 Å². The first-order valence-electron chi connectivity index (χ1n) is 9.31. The van der Waals surface area contributed by atoms with E-state index in [0.717, 1.165) is 15.3 Å². The first-order valence-corrected chi connectivity index (χ1v) is 10.9. The predicted molar refractivity (Wildman–Crippen MR) is 116 cm³/mol. The number of carbonyl (C=O) groups excluding carboxylic acids is 1. The summed E-state index contributed by atoms with van der Waals surface area (Å²) in [6, 6.07) is 8.95. The van der Waals surface area contributed by atoms with Gasteiger partial charge in [-0.3, -0.25) is 9.69 Å². The van der Waals surface area contributed by atoms with Gasteiger partial charge in [-0.15, -0.1) is 11.3 Å². The van der Waals surface area contributed by atoms with Crippen LogP contribution in [0.5, 0.6) is 0 Å². The molecule has 148 valence electrons. The molecule has 1 aliphatic carbocycles. The van der Waals surface area contributed by atoms with Gasteiger partial charge in [-0.25, -0.2) is 4.39 Å². The van der Waals surface area contributed by atoms with Gasteiger partial charge in [0.05, 0.1) is 23.2 Å². The van der Waals surface area contributed by atoms with Gasteiger partial charge in [-0.05, 0) is 56.5 Å². The van der Waals surface area contributed by atoms with Gasteiger partial charge in [0.25, 0.3) is 0 Å².